The van der Waals surface area contributed by atoms with Crippen LogP contribution in [-0.4, -0.2) is 47.1 Å². The minimum atomic E-state index is -1.05. The second kappa shape index (κ2) is 9.92. The van der Waals surface area contributed by atoms with E-state index in [1.807, 2.05) is 0 Å². The first-order valence-electron chi connectivity index (χ1n) is 7.35. The van der Waals surface area contributed by atoms with E-state index in [-0.39, 0.29) is 25.4 Å². The Morgan fingerprint density at radius 2 is 1.68 bits per heavy atom. The molecule has 1 rings (SSSR count). The minimum absolute atomic E-state index is 0.0528. The molecule has 0 bridgehead atoms. The highest BCUT2D eigenvalue weighted by Gasteiger charge is 2.15. The van der Waals surface area contributed by atoms with Gasteiger partial charge in [0.1, 0.15) is 0 Å². The van der Waals surface area contributed by atoms with Gasteiger partial charge in [0.25, 0.3) is 0 Å². The van der Waals surface area contributed by atoms with Gasteiger partial charge in [0.15, 0.2) is 0 Å². The third kappa shape index (κ3) is 5.83. The second-order valence-electron chi connectivity index (χ2n) is 4.92. The van der Waals surface area contributed by atoms with E-state index < -0.39 is 11.9 Å². The highest BCUT2D eigenvalue weighted by molar-refractivity contribution is 5.94. The van der Waals surface area contributed by atoms with E-state index >= 15 is 0 Å². The van der Waals surface area contributed by atoms with Gasteiger partial charge in [-0.15, -0.1) is 0 Å². The molecule has 1 aromatic carbocycles. The lowest BCUT2D eigenvalue weighted by atomic mass is 9.99. The van der Waals surface area contributed by atoms with E-state index in [1.165, 1.54) is 18.2 Å². The molecule has 0 saturated carbocycles. The van der Waals surface area contributed by atoms with E-state index in [0.29, 0.717) is 43.2 Å². The fourth-order valence-corrected chi connectivity index (χ4v) is 2.02. The first-order valence-corrected chi connectivity index (χ1v) is 7.35. The van der Waals surface area contributed by atoms with Crippen LogP contribution in [-0.2, 0) is 11.2 Å². The summed E-state index contributed by atoms with van der Waals surface area (Å²) in [6.45, 7) is 0.326. The number of aryl methyl sites for hydroxylation is 1. The molecule has 122 valence electrons. The Morgan fingerprint density at radius 3 is 2.32 bits per heavy atom. The van der Waals surface area contributed by atoms with Gasteiger partial charge in [0, 0.05) is 13.2 Å². The Bertz CT molecular complexity index is 497. The van der Waals surface area contributed by atoms with Gasteiger partial charge in [0.05, 0.1) is 17.7 Å². The average molecular weight is 310 g/mol. The first kappa shape index (κ1) is 18.1. The molecule has 6 nitrogen and oxygen atoms in total. The molecule has 0 saturated heterocycles. The van der Waals surface area contributed by atoms with Crippen molar-refractivity contribution in [3.05, 3.63) is 34.9 Å². The predicted molar refractivity (Wildman–Crippen MR) is 80.0 cm³/mol. The zero-order chi connectivity index (χ0) is 16.4. The maximum Gasteiger partial charge on any atom is 0.338 e. The van der Waals surface area contributed by atoms with E-state index in [2.05, 4.69) is 0 Å². The number of ether oxygens (including phenoxy) is 1. The van der Waals surface area contributed by atoms with Crippen molar-refractivity contribution in [2.24, 2.45) is 0 Å². The molecule has 3 N–H and O–H groups in total. The predicted octanol–water partition coefficient (Wildman–Crippen LogP) is 1.63. The van der Waals surface area contributed by atoms with Crippen LogP contribution in [0.4, 0.5) is 0 Å². The van der Waals surface area contributed by atoms with E-state index in [1.54, 1.807) is 0 Å². The molecular weight excluding hydrogens is 288 g/mol. The number of carboxylic acids is 1. The summed E-state index contributed by atoms with van der Waals surface area (Å²) in [4.78, 5) is 23.1. The molecule has 0 aliphatic carbocycles. The summed E-state index contributed by atoms with van der Waals surface area (Å²) in [5.74, 6) is -1.54. The highest BCUT2D eigenvalue weighted by atomic mass is 16.5. The number of aliphatic hydroxyl groups is 2. The molecule has 0 spiro atoms. The van der Waals surface area contributed by atoms with Crippen LogP contribution < -0.4 is 0 Å². The molecular formula is C16H22O6. The first-order chi connectivity index (χ1) is 10.6. The number of benzene rings is 1. The third-order valence-corrected chi connectivity index (χ3v) is 3.21. The maximum atomic E-state index is 12.1. The lowest BCUT2D eigenvalue weighted by molar-refractivity contribution is 0.0490. The molecule has 0 aliphatic rings. The quantitative estimate of drug-likeness (QED) is 0.448. The van der Waals surface area contributed by atoms with Crippen LogP contribution in [0, 0.1) is 0 Å². The number of aliphatic hydroxyl groups excluding tert-OH is 2. The van der Waals surface area contributed by atoms with Crippen LogP contribution in [0.1, 0.15) is 52.0 Å². The van der Waals surface area contributed by atoms with Crippen LogP contribution in [0.15, 0.2) is 18.2 Å². The normalized spacial score (nSPS) is 10.5. The number of carboxylic acid groups (broad SMARTS) is 1. The van der Waals surface area contributed by atoms with Crippen molar-refractivity contribution >= 4 is 11.9 Å². The van der Waals surface area contributed by atoms with Gasteiger partial charge in [-0.2, -0.15) is 0 Å². The molecule has 22 heavy (non-hydrogen) atoms. The van der Waals surface area contributed by atoms with Crippen molar-refractivity contribution in [2.75, 3.05) is 19.8 Å². The second-order valence-corrected chi connectivity index (χ2v) is 4.92. The topological polar surface area (TPSA) is 104 Å². The van der Waals surface area contributed by atoms with Crippen LogP contribution >= 0.6 is 0 Å². The van der Waals surface area contributed by atoms with Crippen molar-refractivity contribution in [3.8, 4) is 0 Å². The van der Waals surface area contributed by atoms with Gasteiger partial charge in [-0.1, -0.05) is 0 Å². The molecule has 0 fully saturated rings. The molecule has 1 aromatic rings. The monoisotopic (exact) mass is 310 g/mol. The van der Waals surface area contributed by atoms with Crippen molar-refractivity contribution < 1.29 is 29.6 Å². The molecule has 0 atom stereocenters. The Labute approximate surface area is 129 Å². The fourth-order valence-electron chi connectivity index (χ4n) is 2.02. The number of hydrogen-bond acceptors (Lipinski definition) is 5. The minimum Gasteiger partial charge on any atom is -0.478 e. The summed E-state index contributed by atoms with van der Waals surface area (Å²) < 4.78 is 5.13. The number of aromatic carboxylic acids is 1. The van der Waals surface area contributed by atoms with Gasteiger partial charge in [0.2, 0.25) is 0 Å². The molecule has 0 aromatic heterocycles. The summed E-state index contributed by atoms with van der Waals surface area (Å²) in [6.07, 6.45) is 2.89. The molecule has 6 heteroatoms. The highest BCUT2D eigenvalue weighted by Crippen LogP contribution is 2.17. The van der Waals surface area contributed by atoms with Crippen molar-refractivity contribution in [3.63, 3.8) is 0 Å². The Morgan fingerprint density at radius 1 is 1.00 bits per heavy atom. The Hall–Kier alpha value is -1.92. The zero-order valence-electron chi connectivity index (χ0n) is 12.5. The zero-order valence-corrected chi connectivity index (χ0v) is 12.5. The number of esters is 1. The number of carbonyl (C=O) groups excluding carboxylic acids is 1. The van der Waals surface area contributed by atoms with Gasteiger partial charge < -0.3 is 20.1 Å². The SMILES string of the molecule is O=C(O)c1ccc(C(=O)OCCCCO)c(CCCCO)c1. The Kier molecular flexibility index (Phi) is 8.17. The van der Waals surface area contributed by atoms with Crippen molar-refractivity contribution in [1.29, 1.82) is 0 Å². The summed E-state index contributed by atoms with van der Waals surface area (Å²) in [5, 5.41) is 26.5. The molecule has 0 heterocycles. The van der Waals surface area contributed by atoms with Crippen LogP contribution in [0.5, 0.6) is 0 Å². The van der Waals surface area contributed by atoms with Crippen molar-refractivity contribution in [2.45, 2.75) is 32.1 Å². The summed E-state index contributed by atoms with van der Waals surface area (Å²) in [7, 11) is 0. The lowest BCUT2D eigenvalue weighted by Crippen LogP contribution is -2.11. The summed E-state index contributed by atoms with van der Waals surface area (Å²) >= 11 is 0. The number of unbranched alkanes of at least 4 members (excludes halogenated alkanes) is 2. The maximum absolute atomic E-state index is 12.1. The third-order valence-electron chi connectivity index (χ3n) is 3.21. The van der Waals surface area contributed by atoms with E-state index in [9.17, 15) is 9.59 Å². The van der Waals surface area contributed by atoms with Crippen molar-refractivity contribution in [1.82, 2.24) is 0 Å². The largest absolute Gasteiger partial charge is 0.478 e. The summed E-state index contributed by atoms with van der Waals surface area (Å²) in [6, 6.07) is 4.32. The van der Waals surface area contributed by atoms with Crippen LogP contribution in [0.2, 0.25) is 0 Å². The lowest BCUT2D eigenvalue weighted by Gasteiger charge is -2.10. The van der Waals surface area contributed by atoms with E-state index in [0.717, 1.165) is 0 Å². The standard InChI is InChI=1S/C16H22O6/c17-8-2-1-5-12-11-13(15(19)20)6-7-14(12)16(21)22-10-4-3-9-18/h6-7,11,17-18H,1-5,8-10H2,(H,19,20). The average Bonchev–Trinajstić information content (AvgIpc) is 2.51. The molecule has 0 aliphatic heterocycles. The summed E-state index contributed by atoms with van der Waals surface area (Å²) in [5.41, 5.74) is 1.09. The number of carbonyl (C=O) groups is 2. The van der Waals surface area contributed by atoms with Gasteiger partial charge in [-0.3, -0.25) is 0 Å². The van der Waals surface area contributed by atoms with Gasteiger partial charge in [-0.25, -0.2) is 9.59 Å². The van der Waals surface area contributed by atoms with Gasteiger partial charge in [-0.05, 0) is 55.9 Å². The van der Waals surface area contributed by atoms with E-state index in [4.69, 9.17) is 20.1 Å². The fraction of sp³-hybridized carbons (Fsp3) is 0.500. The Balaban J connectivity index is 2.81. The van der Waals surface area contributed by atoms with Crippen LogP contribution in [0.25, 0.3) is 0 Å². The molecule has 0 radical (unpaired) electrons. The smallest absolute Gasteiger partial charge is 0.338 e. The van der Waals surface area contributed by atoms with Gasteiger partial charge >= 0.3 is 11.9 Å². The van der Waals surface area contributed by atoms with Crippen LogP contribution in [0.3, 0.4) is 0 Å². The molecule has 0 amide bonds. The number of hydrogen-bond donors (Lipinski definition) is 3. The number of rotatable bonds is 10. The molecule has 0 unspecified atom stereocenters.